The summed E-state index contributed by atoms with van der Waals surface area (Å²) in [6, 6.07) is 2.74. The molecule has 2 aromatic carbocycles. The van der Waals surface area contributed by atoms with Crippen molar-refractivity contribution in [2.75, 3.05) is 31.3 Å². The van der Waals surface area contributed by atoms with Gasteiger partial charge in [0.05, 0.1) is 29.0 Å². The van der Waals surface area contributed by atoms with E-state index in [-0.39, 0.29) is 44.4 Å². The number of aromatic nitrogens is 2. The van der Waals surface area contributed by atoms with Crippen LogP contribution < -0.4 is 15.4 Å². The Kier molecular flexibility index (Phi) is 7.37. The number of hydrogen-bond donors (Lipinski definition) is 1. The molecule has 1 fully saturated rings. The molecule has 2 N–H and O–H groups in total. The number of nitrogen functional groups attached to an aromatic ring is 1. The van der Waals surface area contributed by atoms with E-state index in [1.807, 2.05) is 0 Å². The Balaban J connectivity index is 1.80. The Bertz CT molecular complexity index is 1870. The first-order valence-electron chi connectivity index (χ1n) is 12.7. The highest BCUT2D eigenvalue weighted by Crippen LogP contribution is 2.48. The lowest BCUT2D eigenvalue weighted by atomic mass is 9.92. The fourth-order valence-electron chi connectivity index (χ4n) is 5.59. The van der Waals surface area contributed by atoms with Crippen molar-refractivity contribution >= 4 is 49.1 Å². The second-order valence-electron chi connectivity index (χ2n) is 9.90. The summed E-state index contributed by atoms with van der Waals surface area (Å²) in [4.78, 5) is 23.2. The molecule has 2 unspecified atom stereocenters. The number of likely N-dealkylation sites (N-methyl/N-ethyl adjacent to an activating group) is 1. The smallest absolute Gasteiger partial charge is 0.417 e. The van der Waals surface area contributed by atoms with E-state index in [0.717, 1.165) is 12.1 Å². The van der Waals surface area contributed by atoms with Crippen LogP contribution in [-0.4, -0.2) is 53.6 Å². The van der Waals surface area contributed by atoms with E-state index < -0.39 is 63.8 Å². The Morgan fingerprint density at radius 2 is 2.00 bits per heavy atom. The highest BCUT2D eigenvalue weighted by atomic mass is 32.1. The van der Waals surface area contributed by atoms with Crippen LogP contribution in [0.5, 0.6) is 6.01 Å². The van der Waals surface area contributed by atoms with E-state index in [4.69, 9.17) is 10.5 Å². The second kappa shape index (κ2) is 10.6. The number of nitrogens with zero attached hydrogens (tertiary/aromatic N) is 5. The summed E-state index contributed by atoms with van der Waals surface area (Å²) in [6.45, 7) is 4.80. The van der Waals surface area contributed by atoms with E-state index in [0.29, 0.717) is 23.8 Å². The third-order valence-corrected chi connectivity index (χ3v) is 8.64. The van der Waals surface area contributed by atoms with Gasteiger partial charge in [0.25, 0.3) is 5.91 Å². The number of fused-ring (bicyclic) bond motifs is 2. The molecule has 0 bridgehead atoms. The molecule has 0 spiro atoms. The van der Waals surface area contributed by atoms with Crippen molar-refractivity contribution in [2.24, 2.45) is 0 Å². The number of benzene rings is 2. The molecule has 2 aromatic heterocycles. The third-order valence-electron chi connectivity index (χ3n) is 7.62. The monoisotopic (exact) mass is 620 g/mol. The first kappa shape index (κ1) is 29.9. The topological polar surface area (TPSA) is 108 Å². The number of nitrogens with two attached hydrogens (primary N) is 1. The SMILES string of the molecule is C=C(F)C(=O)N1CCC(N(C)c2nc(OC)nc3c(F)c(-c4ccc(F)c5sc(N)c(C#N)c45)c(C(F)(F)F)cc23)C1C. The average Bonchev–Trinajstić information content (AvgIpc) is 3.51. The molecule has 43 heavy (non-hydrogen) atoms. The van der Waals surface area contributed by atoms with Crippen molar-refractivity contribution in [3.8, 4) is 23.2 Å². The van der Waals surface area contributed by atoms with Gasteiger partial charge in [-0.05, 0) is 31.0 Å². The van der Waals surface area contributed by atoms with E-state index in [1.54, 1.807) is 13.0 Å². The van der Waals surface area contributed by atoms with Crippen LogP contribution in [0.15, 0.2) is 30.6 Å². The summed E-state index contributed by atoms with van der Waals surface area (Å²) >= 11 is 0.660. The molecule has 0 aliphatic carbocycles. The number of thiophene rings is 1. The molecule has 1 aliphatic rings. The van der Waals surface area contributed by atoms with Crippen molar-refractivity contribution in [1.82, 2.24) is 14.9 Å². The number of likely N-dealkylation sites (tertiary alicyclic amines) is 1. The minimum atomic E-state index is -5.12. The van der Waals surface area contributed by atoms with Crippen molar-refractivity contribution in [3.63, 3.8) is 0 Å². The first-order valence-corrected chi connectivity index (χ1v) is 13.5. The summed E-state index contributed by atoms with van der Waals surface area (Å²) < 4.78 is 93.7. The molecule has 15 heteroatoms. The van der Waals surface area contributed by atoms with Gasteiger partial charge in [0.1, 0.15) is 28.2 Å². The molecule has 2 atom stereocenters. The number of ether oxygens (including phenoxy) is 1. The Morgan fingerprint density at radius 3 is 2.60 bits per heavy atom. The number of carbonyl (C=O) groups excluding carboxylic acids is 1. The molecule has 8 nitrogen and oxygen atoms in total. The van der Waals surface area contributed by atoms with Crippen LogP contribution in [-0.2, 0) is 11.0 Å². The number of hydrogen-bond acceptors (Lipinski definition) is 8. The fraction of sp³-hybridized carbons (Fsp3) is 0.286. The molecule has 1 amide bonds. The van der Waals surface area contributed by atoms with Gasteiger partial charge in [-0.1, -0.05) is 12.6 Å². The van der Waals surface area contributed by atoms with E-state index >= 15 is 4.39 Å². The van der Waals surface area contributed by atoms with Crippen LogP contribution in [0.3, 0.4) is 0 Å². The van der Waals surface area contributed by atoms with Gasteiger partial charge in [0.15, 0.2) is 11.6 Å². The largest absolute Gasteiger partial charge is 0.467 e. The third kappa shape index (κ3) is 4.75. The van der Waals surface area contributed by atoms with Gasteiger partial charge in [-0.25, -0.2) is 13.2 Å². The molecular formula is C28H22F6N6O2S. The van der Waals surface area contributed by atoms with Gasteiger partial charge in [0, 0.05) is 36.0 Å². The maximum atomic E-state index is 16.5. The number of anilines is 2. The zero-order valence-electron chi connectivity index (χ0n) is 22.8. The van der Waals surface area contributed by atoms with Crippen molar-refractivity contribution in [3.05, 3.63) is 53.4 Å². The van der Waals surface area contributed by atoms with Gasteiger partial charge in [-0.3, -0.25) is 4.79 Å². The number of halogens is 6. The molecule has 4 aromatic rings. The zero-order valence-corrected chi connectivity index (χ0v) is 23.6. The quantitative estimate of drug-likeness (QED) is 0.210. The predicted octanol–water partition coefficient (Wildman–Crippen LogP) is 6.18. The Morgan fingerprint density at radius 1 is 1.30 bits per heavy atom. The van der Waals surface area contributed by atoms with Gasteiger partial charge in [-0.15, -0.1) is 11.3 Å². The summed E-state index contributed by atoms with van der Waals surface area (Å²) in [6.07, 6.45) is -4.83. The molecule has 1 saturated heterocycles. The lowest BCUT2D eigenvalue weighted by molar-refractivity contribution is -0.137. The lowest BCUT2D eigenvalue weighted by Gasteiger charge is -2.32. The maximum Gasteiger partial charge on any atom is 0.417 e. The number of rotatable bonds is 5. The van der Waals surface area contributed by atoms with Crippen LogP contribution in [0.2, 0.25) is 0 Å². The lowest BCUT2D eigenvalue weighted by Crippen LogP contribution is -2.44. The van der Waals surface area contributed by atoms with Crippen LogP contribution in [0.25, 0.3) is 32.1 Å². The van der Waals surface area contributed by atoms with Crippen LogP contribution in [0, 0.1) is 23.0 Å². The highest BCUT2D eigenvalue weighted by Gasteiger charge is 2.41. The Labute approximate surface area is 244 Å². The minimum Gasteiger partial charge on any atom is -0.467 e. The molecule has 3 heterocycles. The van der Waals surface area contributed by atoms with Gasteiger partial charge < -0.3 is 20.3 Å². The van der Waals surface area contributed by atoms with Crippen LogP contribution in [0.4, 0.5) is 37.2 Å². The van der Waals surface area contributed by atoms with E-state index in [1.165, 1.54) is 24.0 Å². The van der Waals surface area contributed by atoms with E-state index in [2.05, 4.69) is 16.5 Å². The molecule has 0 radical (unpaired) electrons. The van der Waals surface area contributed by atoms with Gasteiger partial charge in [0.2, 0.25) is 0 Å². The number of methoxy groups -OCH3 is 1. The van der Waals surface area contributed by atoms with Crippen molar-refractivity contribution in [2.45, 2.75) is 31.6 Å². The summed E-state index contributed by atoms with van der Waals surface area (Å²) in [7, 11) is 2.69. The molecule has 0 saturated carbocycles. The average molecular weight is 621 g/mol. The molecular weight excluding hydrogens is 598 g/mol. The highest BCUT2D eigenvalue weighted by molar-refractivity contribution is 7.23. The Hall–Kier alpha value is -4.58. The fourth-order valence-corrected chi connectivity index (χ4v) is 6.54. The van der Waals surface area contributed by atoms with Crippen LogP contribution in [0.1, 0.15) is 24.5 Å². The van der Waals surface area contributed by atoms with Crippen LogP contribution >= 0.6 is 11.3 Å². The normalized spacial score (nSPS) is 17.0. The predicted molar refractivity (Wildman–Crippen MR) is 149 cm³/mol. The zero-order chi connectivity index (χ0) is 31.5. The van der Waals surface area contributed by atoms with Crippen molar-refractivity contribution in [1.29, 1.82) is 5.26 Å². The summed E-state index contributed by atoms with van der Waals surface area (Å²) in [5.74, 6) is -4.46. The first-order chi connectivity index (χ1) is 20.2. The molecule has 5 rings (SSSR count). The summed E-state index contributed by atoms with van der Waals surface area (Å²) in [5, 5.41) is 8.93. The summed E-state index contributed by atoms with van der Waals surface area (Å²) in [5.41, 5.74) is 2.26. The molecule has 224 valence electrons. The number of nitriles is 1. The van der Waals surface area contributed by atoms with Crippen molar-refractivity contribution < 1.29 is 35.9 Å². The maximum absolute atomic E-state index is 16.5. The number of amides is 1. The second-order valence-corrected chi connectivity index (χ2v) is 11.0. The minimum absolute atomic E-state index is 0.134. The van der Waals surface area contributed by atoms with Gasteiger partial charge >= 0.3 is 12.2 Å². The number of alkyl halides is 3. The molecule has 1 aliphatic heterocycles. The standard InChI is InChI=1S/C28H22F6N6O2S/c1-11(29)26(41)40-8-7-18(12(40)2)39(3)25-14-9-16(28(32,33)34)20(21(31)22(14)37-27(38-25)42-4)13-5-6-17(30)23-19(13)15(10-35)24(36)43-23/h5-6,9,12,18H,1,7-8,36H2,2-4H3. The van der Waals surface area contributed by atoms with Gasteiger partial charge in [-0.2, -0.15) is 28.4 Å². The number of carbonyl (C=O) groups is 1. The van der Waals surface area contributed by atoms with E-state index in [9.17, 15) is 32.0 Å².